The van der Waals surface area contributed by atoms with Crippen LogP contribution in [0, 0.1) is 19.8 Å². The minimum atomic E-state index is 0.0983. The van der Waals surface area contributed by atoms with Crippen molar-refractivity contribution in [2.75, 3.05) is 0 Å². The van der Waals surface area contributed by atoms with Gasteiger partial charge in [0.05, 0.1) is 0 Å². The van der Waals surface area contributed by atoms with Crippen molar-refractivity contribution in [3.05, 3.63) is 29.1 Å². The van der Waals surface area contributed by atoms with Crippen LogP contribution < -0.4 is 0 Å². The SMILES string of the molecule is Cc1cc(CC(C)C=O)cc(C)n1. The van der Waals surface area contributed by atoms with Crippen LogP contribution in [0.15, 0.2) is 12.1 Å². The third kappa shape index (κ3) is 2.98. The third-order valence-electron chi connectivity index (χ3n) is 1.93. The zero-order valence-electron chi connectivity index (χ0n) is 8.37. The Labute approximate surface area is 79.0 Å². The number of carbonyl (C=O) groups is 1. The quantitative estimate of drug-likeness (QED) is 0.661. The first-order valence-corrected chi connectivity index (χ1v) is 4.51. The smallest absolute Gasteiger partial charge is 0.123 e. The van der Waals surface area contributed by atoms with E-state index in [2.05, 4.69) is 4.98 Å². The molecule has 0 radical (unpaired) electrons. The van der Waals surface area contributed by atoms with E-state index in [9.17, 15) is 4.79 Å². The van der Waals surface area contributed by atoms with E-state index in [0.29, 0.717) is 0 Å². The molecule has 1 atom stereocenters. The Bertz CT molecular complexity index is 287. The maximum atomic E-state index is 10.5. The van der Waals surface area contributed by atoms with Gasteiger partial charge in [-0.05, 0) is 38.0 Å². The third-order valence-corrected chi connectivity index (χ3v) is 1.93. The van der Waals surface area contributed by atoms with Crippen molar-refractivity contribution in [1.29, 1.82) is 0 Å². The molecule has 70 valence electrons. The molecule has 0 amide bonds. The number of aromatic nitrogens is 1. The highest BCUT2D eigenvalue weighted by molar-refractivity contribution is 5.53. The molecule has 0 aliphatic carbocycles. The van der Waals surface area contributed by atoms with E-state index in [0.717, 1.165) is 24.1 Å². The van der Waals surface area contributed by atoms with Crippen molar-refractivity contribution in [1.82, 2.24) is 4.98 Å². The maximum absolute atomic E-state index is 10.5. The van der Waals surface area contributed by atoms with Gasteiger partial charge in [-0.1, -0.05) is 6.92 Å². The van der Waals surface area contributed by atoms with Crippen LogP contribution in [-0.2, 0) is 11.2 Å². The van der Waals surface area contributed by atoms with Crippen molar-refractivity contribution < 1.29 is 4.79 Å². The fraction of sp³-hybridized carbons (Fsp3) is 0.455. The molecule has 1 aromatic heterocycles. The number of rotatable bonds is 3. The highest BCUT2D eigenvalue weighted by Gasteiger charge is 2.02. The molecule has 0 N–H and O–H groups in total. The van der Waals surface area contributed by atoms with Crippen molar-refractivity contribution in [2.24, 2.45) is 5.92 Å². The van der Waals surface area contributed by atoms with Gasteiger partial charge < -0.3 is 4.79 Å². The Morgan fingerprint density at radius 2 is 1.92 bits per heavy atom. The number of hydrogen-bond donors (Lipinski definition) is 0. The van der Waals surface area contributed by atoms with Gasteiger partial charge >= 0.3 is 0 Å². The fourth-order valence-corrected chi connectivity index (χ4v) is 1.46. The van der Waals surface area contributed by atoms with E-state index in [1.807, 2.05) is 32.9 Å². The maximum Gasteiger partial charge on any atom is 0.123 e. The molecule has 2 nitrogen and oxygen atoms in total. The van der Waals surface area contributed by atoms with Crippen LogP contribution in [0.1, 0.15) is 23.9 Å². The van der Waals surface area contributed by atoms with Crippen LogP contribution in [0.25, 0.3) is 0 Å². The number of hydrogen-bond acceptors (Lipinski definition) is 2. The summed E-state index contributed by atoms with van der Waals surface area (Å²) in [5.74, 6) is 0.0983. The summed E-state index contributed by atoms with van der Waals surface area (Å²) in [5, 5.41) is 0. The van der Waals surface area contributed by atoms with Crippen molar-refractivity contribution in [2.45, 2.75) is 27.2 Å². The van der Waals surface area contributed by atoms with E-state index >= 15 is 0 Å². The average Bonchev–Trinajstić information content (AvgIpc) is 2.02. The van der Waals surface area contributed by atoms with Crippen molar-refractivity contribution >= 4 is 6.29 Å². The normalized spacial score (nSPS) is 12.5. The first kappa shape index (κ1) is 9.90. The predicted molar refractivity (Wildman–Crippen MR) is 52.6 cm³/mol. The molecule has 1 unspecified atom stereocenters. The van der Waals surface area contributed by atoms with Crippen molar-refractivity contribution in [3.8, 4) is 0 Å². The summed E-state index contributed by atoms with van der Waals surface area (Å²) in [6.45, 7) is 5.88. The molecule has 0 fully saturated rings. The Hall–Kier alpha value is -1.18. The molecule has 0 aliphatic rings. The van der Waals surface area contributed by atoms with Gasteiger partial charge in [-0.2, -0.15) is 0 Å². The van der Waals surface area contributed by atoms with Gasteiger partial charge in [-0.25, -0.2) is 0 Å². The number of aryl methyl sites for hydroxylation is 2. The summed E-state index contributed by atoms with van der Waals surface area (Å²) in [7, 11) is 0. The first-order chi connectivity index (χ1) is 6.11. The standard InChI is InChI=1S/C11H15NO/c1-8(7-13)4-11-5-9(2)12-10(3)6-11/h5-8H,4H2,1-3H3. The first-order valence-electron chi connectivity index (χ1n) is 4.51. The lowest BCUT2D eigenvalue weighted by molar-refractivity contribution is -0.110. The Morgan fingerprint density at radius 3 is 2.38 bits per heavy atom. The molecule has 1 aromatic rings. The Morgan fingerprint density at radius 1 is 1.38 bits per heavy atom. The molecular formula is C11H15NO. The van der Waals surface area contributed by atoms with Crippen LogP contribution in [0.2, 0.25) is 0 Å². The summed E-state index contributed by atoms with van der Waals surface area (Å²) < 4.78 is 0. The second-order valence-corrected chi connectivity index (χ2v) is 3.58. The second kappa shape index (κ2) is 4.17. The lowest BCUT2D eigenvalue weighted by Crippen LogP contribution is -2.02. The molecule has 0 spiro atoms. The Kier molecular flexibility index (Phi) is 3.18. The van der Waals surface area contributed by atoms with Crippen LogP contribution in [0.5, 0.6) is 0 Å². The summed E-state index contributed by atoms with van der Waals surface area (Å²) in [5.41, 5.74) is 3.24. The summed E-state index contributed by atoms with van der Waals surface area (Å²) >= 11 is 0. The number of nitrogens with zero attached hydrogens (tertiary/aromatic N) is 1. The van der Waals surface area contributed by atoms with E-state index in [4.69, 9.17) is 0 Å². The van der Waals surface area contributed by atoms with Gasteiger partial charge in [0.15, 0.2) is 0 Å². The number of carbonyl (C=O) groups excluding carboxylic acids is 1. The minimum absolute atomic E-state index is 0.0983. The van der Waals surface area contributed by atoms with E-state index in [1.165, 1.54) is 5.56 Å². The average molecular weight is 177 g/mol. The highest BCUT2D eigenvalue weighted by Crippen LogP contribution is 2.09. The number of aldehydes is 1. The second-order valence-electron chi connectivity index (χ2n) is 3.58. The zero-order chi connectivity index (χ0) is 9.84. The van der Waals surface area contributed by atoms with Crippen LogP contribution in [-0.4, -0.2) is 11.3 Å². The summed E-state index contributed by atoms with van der Waals surface area (Å²) in [6.07, 6.45) is 1.80. The molecule has 0 saturated carbocycles. The molecule has 0 aliphatic heterocycles. The van der Waals surface area contributed by atoms with Gasteiger partial charge in [-0.15, -0.1) is 0 Å². The molecule has 0 bridgehead atoms. The molecule has 2 heteroatoms. The van der Waals surface area contributed by atoms with E-state index in [-0.39, 0.29) is 5.92 Å². The highest BCUT2D eigenvalue weighted by atomic mass is 16.1. The molecule has 1 heterocycles. The monoisotopic (exact) mass is 177 g/mol. The zero-order valence-corrected chi connectivity index (χ0v) is 8.37. The predicted octanol–water partition coefficient (Wildman–Crippen LogP) is 2.08. The van der Waals surface area contributed by atoms with Gasteiger partial charge in [0.25, 0.3) is 0 Å². The Balaban J connectivity index is 2.82. The lowest BCUT2D eigenvalue weighted by atomic mass is 10.0. The molecule has 1 rings (SSSR count). The minimum Gasteiger partial charge on any atom is -0.303 e. The fourth-order valence-electron chi connectivity index (χ4n) is 1.46. The summed E-state index contributed by atoms with van der Waals surface area (Å²) in [4.78, 5) is 14.7. The van der Waals surface area contributed by atoms with E-state index < -0.39 is 0 Å². The van der Waals surface area contributed by atoms with Gasteiger partial charge in [0, 0.05) is 17.3 Å². The van der Waals surface area contributed by atoms with Gasteiger partial charge in [0.2, 0.25) is 0 Å². The topological polar surface area (TPSA) is 30.0 Å². The summed E-state index contributed by atoms with van der Waals surface area (Å²) in [6, 6.07) is 4.07. The largest absolute Gasteiger partial charge is 0.303 e. The molecule has 13 heavy (non-hydrogen) atoms. The molecule has 0 aromatic carbocycles. The van der Waals surface area contributed by atoms with Gasteiger partial charge in [-0.3, -0.25) is 4.98 Å². The molecular weight excluding hydrogens is 162 g/mol. The van der Waals surface area contributed by atoms with Crippen molar-refractivity contribution in [3.63, 3.8) is 0 Å². The molecule has 0 saturated heterocycles. The van der Waals surface area contributed by atoms with Crippen LogP contribution in [0.3, 0.4) is 0 Å². The van der Waals surface area contributed by atoms with E-state index in [1.54, 1.807) is 0 Å². The van der Waals surface area contributed by atoms with Crippen LogP contribution >= 0.6 is 0 Å². The number of pyridine rings is 1. The van der Waals surface area contributed by atoms with Crippen LogP contribution in [0.4, 0.5) is 0 Å². The lowest BCUT2D eigenvalue weighted by Gasteiger charge is -2.05. The van der Waals surface area contributed by atoms with Gasteiger partial charge in [0.1, 0.15) is 6.29 Å².